The Morgan fingerprint density at radius 1 is 1.31 bits per heavy atom. The minimum Gasteiger partial charge on any atom is -0.383 e. The van der Waals surface area contributed by atoms with Gasteiger partial charge in [0.1, 0.15) is 0 Å². The molecule has 0 heterocycles. The van der Waals surface area contributed by atoms with Crippen LogP contribution in [0, 0.1) is 0 Å². The molecule has 0 aliphatic carbocycles. The maximum Gasteiger partial charge on any atom is 0.0615 e. The van der Waals surface area contributed by atoms with E-state index in [9.17, 15) is 0 Å². The van der Waals surface area contributed by atoms with Crippen molar-refractivity contribution in [3.8, 4) is 0 Å². The summed E-state index contributed by atoms with van der Waals surface area (Å²) in [4.78, 5) is 2.45. The van der Waals surface area contributed by atoms with Crippen molar-refractivity contribution < 1.29 is 4.74 Å². The van der Waals surface area contributed by atoms with Crippen LogP contribution in [0.2, 0.25) is 0 Å². The highest BCUT2D eigenvalue weighted by molar-refractivity contribution is 4.76. The van der Waals surface area contributed by atoms with Crippen molar-refractivity contribution in [1.82, 2.24) is 10.2 Å². The topological polar surface area (TPSA) is 24.5 Å². The van der Waals surface area contributed by atoms with Gasteiger partial charge in [0.2, 0.25) is 0 Å². The maximum absolute atomic E-state index is 5.19. The molecule has 1 unspecified atom stereocenters. The lowest BCUT2D eigenvalue weighted by atomic mass is 10.0. The highest BCUT2D eigenvalue weighted by atomic mass is 16.5. The third kappa shape index (κ3) is 6.46. The van der Waals surface area contributed by atoms with Crippen molar-refractivity contribution >= 4 is 0 Å². The van der Waals surface area contributed by atoms with E-state index in [1.54, 1.807) is 7.11 Å². The molecule has 0 aliphatic rings. The van der Waals surface area contributed by atoms with Crippen molar-refractivity contribution in [3.05, 3.63) is 0 Å². The molecular formula is C13H30N2O. The molecule has 0 rings (SSSR count). The zero-order chi connectivity index (χ0) is 12.6. The predicted molar refractivity (Wildman–Crippen MR) is 71.0 cm³/mol. The molecule has 1 N–H and O–H groups in total. The summed E-state index contributed by atoms with van der Waals surface area (Å²) in [6.45, 7) is 15.2. The van der Waals surface area contributed by atoms with Crippen LogP contribution in [-0.2, 0) is 4.74 Å². The molecule has 0 aliphatic heterocycles. The highest BCUT2D eigenvalue weighted by Gasteiger charge is 2.15. The fourth-order valence-corrected chi connectivity index (χ4v) is 1.70. The van der Waals surface area contributed by atoms with Gasteiger partial charge >= 0.3 is 0 Å². The number of nitrogens with zero attached hydrogens (tertiary/aromatic N) is 1. The van der Waals surface area contributed by atoms with Gasteiger partial charge in [-0.15, -0.1) is 0 Å². The lowest BCUT2D eigenvalue weighted by Gasteiger charge is -2.30. The molecule has 0 aromatic heterocycles. The van der Waals surface area contributed by atoms with Crippen LogP contribution in [0.1, 0.15) is 41.0 Å². The van der Waals surface area contributed by atoms with Gasteiger partial charge in [0.25, 0.3) is 0 Å². The Morgan fingerprint density at radius 3 is 2.38 bits per heavy atom. The van der Waals surface area contributed by atoms with Crippen LogP contribution in [0.4, 0.5) is 0 Å². The van der Waals surface area contributed by atoms with Gasteiger partial charge in [-0.1, -0.05) is 13.8 Å². The summed E-state index contributed by atoms with van der Waals surface area (Å²) in [5, 5.41) is 3.59. The Bertz CT molecular complexity index is 171. The third-order valence-electron chi connectivity index (χ3n) is 3.32. The van der Waals surface area contributed by atoms with Crippen LogP contribution in [0.25, 0.3) is 0 Å². The second-order valence-corrected chi connectivity index (χ2v) is 5.10. The van der Waals surface area contributed by atoms with Crippen LogP contribution in [0.5, 0.6) is 0 Å². The van der Waals surface area contributed by atoms with Gasteiger partial charge in [-0.25, -0.2) is 0 Å². The number of ether oxygens (including phenoxy) is 1. The zero-order valence-corrected chi connectivity index (χ0v) is 12.0. The Morgan fingerprint density at radius 2 is 1.94 bits per heavy atom. The summed E-state index contributed by atoms with van der Waals surface area (Å²) in [6, 6.07) is 0.501. The fraction of sp³-hybridized carbons (Fsp3) is 1.00. The van der Waals surface area contributed by atoms with Gasteiger partial charge in [-0.2, -0.15) is 0 Å². The van der Waals surface area contributed by atoms with Crippen molar-refractivity contribution in [2.45, 2.75) is 52.6 Å². The predicted octanol–water partition coefficient (Wildman–Crippen LogP) is 2.12. The smallest absolute Gasteiger partial charge is 0.0615 e. The first kappa shape index (κ1) is 15.9. The quantitative estimate of drug-likeness (QED) is 0.656. The van der Waals surface area contributed by atoms with E-state index in [0.29, 0.717) is 6.04 Å². The largest absolute Gasteiger partial charge is 0.383 e. The summed E-state index contributed by atoms with van der Waals surface area (Å²) in [6.07, 6.45) is 1.16. The van der Waals surface area contributed by atoms with Gasteiger partial charge in [0, 0.05) is 31.8 Å². The van der Waals surface area contributed by atoms with E-state index in [4.69, 9.17) is 4.74 Å². The molecule has 1 atom stereocenters. The summed E-state index contributed by atoms with van der Waals surface area (Å²) in [5.74, 6) is 0. The van der Waals surface area contributed by atoms with Crippen LogP contribution in [0.15, 0.2) is 0 Å². The second kappa shape index (κ2) is 8.04. The molecular weight excluding hydrogens is 200 g/mol. The van der Waals surface area contributed by atoms with E-state index >= 15 is 0 Å². The van der Waals surface area contributed by atoms with Gasteiger partial charge in [-0.05, 0) is 33.7 Å². The second-order valence-electron chi connectivity index (χ2n) is 5.10. The maximum atomic E-state index is 5.19. The van der Waals surface area contributed by atoms with Crippen molar-refractivity contribution in [2.24, 2.45) is 0 Å². The van der Waals surface area contributed by atoms with Crippen LogP contribution in [-0.4, -0.2) is 49.8 Å². The number of hydrogen-bond donors (Lipinski definition) is 1. The first-order valence-corrected chi connectivity index (χ1v) is 6.44. The van der Waals surface area contributed by atoms with Crippen molar-refractivity contribution in [3.63, 3.8) is 0 Å². The minimum atomic E-state index is 0.254. The SMILES string of the molecule is CCN(CCNC(C)(C)CC)C(C)COC. The number of likely N-dealkylation sites (N-methyl/N-ethyl adjacent to an activating group) is 1. The molecule has 0 saturated heterocycles. The summed E-state index contributed by atoms with van der Waals surface area (Å²) in [7, 11) is 1.77. The molecule has 0 amide bonds. The van der Waals surface area contributed by atoms with E-state index in [1.807, 2.05) is 0 Å². The van der Waals surface area contributed by atoms with E-state index < -0.39 is 0 Å². The van der Waals surface area contributed by atoms with Crippen molar-refractivity contribution in [1.29, 1.82) is 0 Å². The molecule has 0 radical (unpaired) electrons. The summed E-state index contributed by atoms with van der Waals surface area (Å²) < 4.78 is 5.19. The van der Waals surface area contributed by atoms with E-state index in [1.165, 1.54) is 0 Å². The molecule has 98 valence electrons. The number of rotatable bonds is 9. The van der Waals surface area contributed by atoms with E-state index in [-0.39, 0.29) is 5.54 Å². The summed E-state index contributed by atoms with van der Waals surface area (Å²) >= 11 is 0. The molecule has 3 heteroatoms. The average molecular weight is 230 g/mol. The number of methoxy groups -OCH3 is 1. The molecule has 0 saturated carbocycles. The molecule has 0 spiro atoms. The average Bonchev–Trinajstić information content (AvgIpc) is 2.24. The molecule has 3 nitrogen and oxygen atoms in total. The van der Waals surface area contributed by atoms with E-state index in [0.717, 1.165) is 32.7 Å². The molecule has 0 aromatic carbocycles. The molecule has 0 bridgehead atoms. The first-order chi connectivity index (χ1) is 7.46. The number of hydrogen-bond acceptors (Lipinski definition) is 3. The van der Waals surface area contributed by atoms with Crippen LogP contribution in [0.3, 0.4) is 0 Å². The lowest BCUT2D eigenvalue weighted by Crippen LogP contribution is -2.45. The first-order valence-electron chi connectivity index (χ1n) is 6.44. The molecule has 0 aromatic rings. The molecule has 0 fully saturated rings. The van der Waals surface area contributed by atoms with Crippen molar-refractivity contribution in [2.75, 3.05) is 33.4 Å². The van der Waals surface area contributed by atoms with Gasteiger partial charge in [0.15, 0.2) is 0 Å². The van der Waals surface area contributed by atoms with Gasteiger partial charge < -0.3 is 10.1 Å². The summed E-state index contributed by atoms with van der Waals surface area (Å²) in [5.41, 5.74) is 0.254. The standard InChI is InChI=1S/C13H30N2O/c1-7-13(4,5)14-9-10-15(8-2)12(3)11-16-6/h12,14H,7-11H2,1-6H3. The Balaban J connectivity index is 3.87. The molecule has 16 heavy (non-hydrogen) atoms. The third-order valence-corrected chi connectivity index (χ3v) is 3.32. The van der Waals surface area contributed by atoms with E-state index in [2.05, 4.69) is 44.8 Å². The fourth-order valence-electron chi connectivity index (χ4n) is 1.70. The Kier molecular flexibility index (Phi) is 7.98. The normalized spacial score (nSPS) is 14.4. The van der Waals surface area contributed by atoms with Gasteiger partial charge in [0.05, 0.1) is 6.61 Å². The lowest BCUT2D eigenvalue weighted by molar-refractivity contribution is 0.102. The monoisotopic (exact) mass is 230 g/mol. The van der Waals surface area contributed by atoms with Crippen LogP contribution < -0.4 is 5.32 Å². The van der Waals surface area contributed by atoms with Crippen LogP contribution >= 0.6 is 0 Å². The Labute approximate surface area is 102 Å². The van der Waals surface area contributed by atoms with Gasteiger partial charge in [-0.3, -0.25) is 4.90 Å². The highest BCUT2D eigenvalue weighted by Crippen LogP contribution is 2.06. The number of nitrogens with one attached hydrogen (secondary N) is 1. The Hall–Kier alpha value is -0.120. The zero-order valence-electron chi connectivity index (χ0n) is 12.0. The minimum absolute atomic E-state index is 0.254.